The highest BCUT2D eigenvalue weighted by Crippen LogP contribution is 2.28. The number of amides is 2. The third-order valence-electron chi connectivity index (χ3n) is 2.84. The minimum atomic E-state index is -0.776. The van der Waals surface area contributed by atoms with E-state index < -0.39 is 11.0 Å². The molecule has 0 aromatic rings. The normalized spacial score (nSPS) is 16.9. The average Bonchev–Trinajstić information content (AvgIpc) is 2.43. The van der Waals surface area contributed by atoms with Gasteiger partial charge in [0.2, 0.25) is 0 Å². The predicted octanol–water partition coefficient (Wildman–Crippen LogP) is 1.70. The molecule has 1 aliphatic heterocycles. The van der Waals surface area contributed by atoms with E-state index in [-0.39, 0.29) is 24.0 Å². The van der Waals surface area contributed by atoms with Gasteiger partial charge in [-0.05, 0) is 13.8 Å². The quantitative estimate of drug-likeness (QED) is 0.702. The van der Waals surface area contributed by atoms with E-state index >= 15 is 0 Å². The van der Waals surface area contributed by atoms with E-state index in [0.29, 0.717) is 0 Å². The maximum absolute atomic E-state index is 12.0. The molecule has 4 heteroatoms. The highest BCUT2D eigenvalue weighted by atomic mass is 16.2. The van der Waals surface area contributed by atoms with E-state index in [1.807, 2.05) is 20.8 Å². The van der Waals surface area contributed by atoms with E-state index in [1.165, 1.54) is 12.2 Å². The second-order valence-electron chi connectivity index (χ2n) is 6.01. The topological polar surface area (TPSA) is 54.5 Å². The SMILES string of the molecule is CC(C)(C)C(=O)CC(C)(C)N1C(=O)C=CC1=O. The first-order chi connectivity index (χ1) is 7.55. The van der Waals surface area contributed by atoms with Gasteiger partial charge >= 0.3 is 0 Å². The number of hydrogen-bond donors (Lipinski definition) is 0. The second-order valence-corrected chi connectivity index (χ2v) is 6.01. The Morgan fingerprint density at radius 2 is 1.47 bits per heavy atom. The summed E-state index contributed by atoms with van der Waals surface area (Å²) in [6, 6.07) is 0. The molecule has 0 aliphatic carbocycles. The summed E-state index contributed by atoms with van der Waals surface area (Å²) in [7, 11) is 0. The van der Waals surface area contributed by atoms with Crippen molar-refractivity contribution in [3.63, 3.8) is 0 Å². The number of carbonyl (C=O) groups is 3. The number of imide groups is 1. The lowest BCUT2D eigenvalue weighted by molar-refractivity contribution is -0.144. The van der Waals surface area contributed by atoms with Gasteiger partial charge in [-0.25, -0.2) is 0 Å². The molecule has 0 atom stereocenters. The van der Waals surface area contributed by atoms with Gasteiger partial charge in [0.25, 0.3) is 11.8 Å². The summed E-state index contributed by atoms with van der Waals surface area (Å²) < 4.78 is 0. The Morgan fingerprint density at radius 1 is 1.06 bits per heavy atom. The van der Waals surface area contributed by atoms with E-state index in [2.05, 4.69) is 0 Å². The second kappa shape index (κ2) is 4.09. The number of nitrogens with zero attached hydrogens (tertiary/aromatic N) is 1. The van der Waals surface area contributed by atoms with Crippen molar-refractivity contribution in [3.8, 4) is 0 Å². The highest BCUT2D eigenvalue weighted by Gasteiger charge is 2.40. The fraction of sp³-hybridized carbons (Fsp3) is 0.615. The number of rotatable bonds is 3. The maximum atomic E-state index is 12.0. The molecule has 1 heterocycles. The van der Waals surface area contributed by atoms with E-state index in [1.54, 1.807) is 13.8 Å². The Labute approximate surface area is 102 Å². The summed E-state index contributed by atoms with van der Waals surface area (Å²) in [6.45, 7) is 8.96. The van der Waals surface area contributed by atoms with Crippen LogP contribution >= 0.6 is 0 Å². The van der Waals surface area contributed by atoms with Crippen molar-refractivity contribution in [2.75, 3.05) is 0 Å². The van der Waals surface area contributed by atoms with Crippen molar-refractivity contribution in [3.05, 3.63) is 12.2 Å². The molecule has 0 aromatic carbocycles. The van der Waals surface area contributed by atoms with Crippen molar-refractivity contribution < 1.29 is 14.4 Å². The van der Waals surface area contributed by atoms with Gasteiger partial charge in [0.05, 0.1) is 5.54 Å². The van der Waals surface area contributed by atoms with Crippen LogP contribution in [0.5, 0.6) is 0 Å². The van der Waals surface area contributed by atoms with Crippen LogP contribution < -0.4 is 0 Å². The monoisotopic (exact) mass is 237 g/mol. The van der Waals surface area contributed by atoms with Gasteiger partial charge in [-0.3, -0.25) is 19.3 Å². The smallest absolute Gasteiger partial charge is 0.254 e. The molecular formula is C13H19NO3. The molecule has 0 radical (unpaired) electrons. The molecule has 1 rings (SSSR count). The lowest BCUT2D eigenvalue weighted by atomic mass is 9.82. The van der Waals surface area contributed by atoms with Gasteiger partial charge in [0.15, 0.2) is 0 Å². The lowest BCUT2D eigenvalue weighted by Gasteiger charge is -2.35. The summed E-state index contributed by atoms with van der Waals surface area (Å²) in [5, 5.41) is 0. The molecule has 0 aromatic heterocycles. The molecule has 0 N–H and O–H groups in total. The van der Waals surface area contributed by atoms with Crippen LogP contribution in [0, 0.1) is 5.41 Å². The molecule has 4 nitrogen and oxygen atoms in total. The molecule has 2 amide bonds. The standard InChI is InChI=1S/C13H19NO3/c1-12(2,3)9(15)8-13(4,5)14-10(16)6-7-11(14)17/h6-7H,8H2,1-5H3. The van der Waals surface area contributed by atoms with Crippen molar-refractivity contribution in [2.45, 2.75) is 46.6 Å². The zero-order chi connectivity index (χ0) is 13.4. The highest BCUT2D eigenvalue weighted by molar-refractivity contribution is 6.13. The molecule has 0 fully saturated rings. The Bertz CT molecular complexity index is 381. The fourth-order valence-electron chi connectivity index (χ4n) is 1.73. The Hall–Kier alpha value is -1.45. The Kier molecular flexibility index (Phi) is 3.28. The van der Waals surface area contributed by atoms with Crippen LogP contribution in [0.15, 0.2) is 12.2 Å². The van der Waals surface area contributed by atoms with Crippen molar-refractivity contribution >= 4 is 17.6 Å². The maximum Gasteiger partial charge on any atom is 0.254 e. The first-order valence-electron chi connectivity index (χ1n) is 5.65. The molecule has 0 saturated heterocycles. The zero-order valence-electron chi connectivity index (χ0n) is 11.0. The summed E-state index contributed by atoms with van der Waals surface area (Å²) in [6.07, 6.45) is 2.66. The number of carbonyl (C=O) groups excluding carboxylic acids is 3. The molecule has 0 spiro atoms. The number of Topliss-reactive ketones (excluding diaryl/α,β-unsaturated/α-hetero) is 1. The predicted molar refractivity (Wildman–Crippen MR) is 64.2 cm³/mol. The van der Waals surface area contributed by atoms with Crippen molar-refractivity contribution in [1.82, 2.24) is 4.90 Å². The lowest BCUT2D eigenvalue weighted by Crippen LogP contribution is -2.49. The molecule has 1 aliphatic rings. The van der Waals surface area contributed by atoms with E-state index in [4.69, 9.17) is 0 Å². The molecule has 0 saturated carbocycles. The molecule has 17 heavy (non-hydrogen) atoms. The third kappa shape index (κ3) is 2.81. The van der Waals surface area contributed by atoms with Gasteiger partial charge in [-0.2, -0.15) is 0 Å². The van der Waals surface area contributed by atoms with Crippen LogP contribution in [-0.4, -0.2) is 28.0 Å². The average molecular weight is 237 g/mol. The van der Waals surface area contributed by atoms with Gasteiger partial charge in [-0.1, -0.05) is 20.8 Å². The third-order valence-corrected chi connectivity index (χ3v) is 2.84. The molecule has 0 bridgehead atoms. The summed E-state index contributed by atoms with van der Waals surface area (Å²) in [5.41, 5.74) is -1.24. The van der Waals surface area contributed by atoms with Crippen LogP contribution in [0.25, 0.3) is 0 Å². The van der Waals surface area contributed by atoms with Crippen LogP contribution in [0.4, 0.5) is 0 Å². The van der Waals surface area contributed by atoms with Crippen LogP contribution in [0.3, 0.4) is 0 Å². The largest absolute Gasteiger partial charge is 0.299 e. The van der Waals surface area contributed by atoms with Crippen LogP contribution in [-0.2, 0) is 14.4 Å². The minimum Gasteiger partial charge on any atom is -0.299 e. The van der Waals surface area contributed by atoms with E-state index in [9.17, 15) is 14.4 Å². The van der Waals surface area contributed by atoms with Crippen molar-refractivity contribution in [2.24, 2.45) is 5.41 Å². The summed E-state index contributed by atoms with van der Waals surface area (Å²) in [4.78, 5) is 36.3. The van der Waals surface area contributed by atoms with Gasteiger partial charge in [0.1, 0.15) is 5.78 Å². The number of ketones is 1. The van der Waals surface area contributed by atoms with E-state index in [0.717, 1.165) is 4.90 Å². The molecule has 0 unspecified atom stereocenters. The summed E-state index contributed by atoms with van der Waals surface area (Å²) >= 11 is 0. The van der Waals surface area contributed by atoms with Crippen LogP contribution in [0.2, 0.25) is 0 Å². The molecule has 94 valence electrons. The van der Waals surface area contributed by atoms with Gasteiger partial charge in [0, 0.05) is 24.0 Å². The first-order valence-corrected chi connectivity index (χ1v) is 5.65. The van der Waals surface area contributed by atoms with Crippen LogP contribution in [0.1, 0.15) is 41.0 Å². The van der Waals surface area contributed by atoms with Gasteiger partial charge in [-0.15, -0.1) is 0 Å². The number of hydrogen-bond acceptors (Lipinski definition) is 3. The Balaban J connectivity index is 2.86. The van der Waals surface area contributed by atoms with Crippen molar-refractivity contribution in [1.29, 1.82) is 0 Å². The zero-order valence-corrected chi connectivity index (χ0v) is 11.0. The minimum absolute atomic E-state index is 0.0370. The molecular weight excluding hydrogens is 218 g/mol. The van der Waals surface area contributed by atoms with Gasteiger partial charge < -0.3 is 0 Å². The first kappa shape index (κ1) is 13.6. The summed E-state index contributed by atoms with van der Waals surface area (Å²) in [5.74, 6) is -0.654. The Morgan fingerprint density at radius 3 is 1.82 bits per heavy atom. The fourth-order valence-corrected chi connectivity index (χ4v) is 1.73.